The molecule has 3 aliphatic carbocycles. The summed E-state index contributed by atoms with van der Waals surface area (Å²) in [5.41, 5.74) is 6.73. The number of hydrogen-bond donors (Lipinski definition) is 1. The number of likely N-dealkylation sites (tertiary alicyclic amines) is 2. The third-order valence-corrected chi connectivity index (χ3v) is 12.7. The van der Waals surface area contributed by atoms with Gasteiger partial charge in [0.25, 0.3) is 0 Å². The third-order valence-electron chi connectivity index (χ3n) is 12.4. The zero-order valence-electron chi connectivity index (χ0n) is 31.1. The number of aryl methyl sites for hydroxylation is 1. The number of benzene rings is 1. The largest absolute Gasteiger partial charge is 0.444 e. The maximum absolute atomic E-state index is 12.5. The second kappa shape index (κ2) is 15.4. The number of halogens is 1. The zero-order valence-corrected chi connectivity index (χ0v) is 31.8. The van der Waals surface area contributed by atoms with Gasteiger partial charge in [-0.1, -0.05) is 17.7 Å². The van der Waals surface area contributed by atoms with Gasteiger partial charge < -0.3 is 15.0 Å². The van der Waals surface area contributed by atoms with E-state index < -0.39 is 5.60 Å². The number of allylic oxidation sites excluding steroid dienone is 1. The predicted molar refractivity (Wildman–Crippen MR) is 202 cm³/mol. The summed E-state index contributed by atoms with van der Waals surface area (Å²) in [6.45, 7) is 9.91. The number of hydrogen-bond acceptors (Lipinski definition) is 7. The molecule has 3 heterocycles. The van der Waals surface area contributed by atoms with Crippen LogP contribution in [0, 0.1) is 28.6 Å². The van der Waals surface area contributed by atoms with Crippen molar-refractivity contribution in [3.63, 3.8) is 0 Å². The van der Waals surface area contributed by atoms with E-state index in [2.05, 4.69) is 34.5 Å². The van der Waals surface area contributed by atoms with Gasteiger partial charge in [-0.15, -0.1) is 5.10 Å². The van der Waals surface area contributed by atoms with Crippen molar-refractivity contribution in [3.8, 4) is 6.07 Å². The van der Waals surface area contributed by atoms with Gasteiger partial charge in [-0.05, 0) is 170 Å². The topological polar surface area (TPSA) is 94.4 Å². The molecule has 7 rings (SSSR count). The molecule has 1 amide bonds. The molecule has 1 aromatic heterocycles. The van der Waals surface area contributed by atoms with Crippen molar-refractivity contribution < 1.29 is 9.53 Å². The predicted octanol–water partition coefficient (Wildman–Crippen LogP) is 8.72. The monoisotopic (exact) mass is 712 g/mol. The molecule has 0 atom stereocenters. The summed E-state index contributed by atoms with van der Waals surface area (Å²) in [4.78, 5) is 17.1. The quantitative estimate of drug-likeness (QED) is 0.278. The molecule has 9 heteroatoms. The summed E-state index contributed by atoms with van der Waals surface area (Å²) >= 11 is 6.28. The van der Waals surface area contributed by atoms with E-state index in [-0.39, 0.29) is 6.09 Å². The lowest BCUT2D eigenvalue weighted by molar-refractivity contribution is -0.0758. The fourth-order valence-corrected chi connectivity index (χ4v) is 9.43. The maximum atomic E-state index is 12.5. The maximum Gasteiger partial charge on any atom is 0.410 e. The highest BCUT2D eigenvalue weighted by Crippen LogP contribution is 2.48. The van der Waals surface area contributed by atoms with Crippen LogP contribution < -0.4 is 5.32 Å². The first-order valence-corrected chi connectivity index (χ1v) is 20.1. The first-order valence-electron chi connectivity index (χ1n) is 19.8. The highest BCUT2D eigenvalue weighted by atomic mass is 35.5. The smallest absolute Gasteiger partial charge is 0.410 e. The molecule has 51 heavy (non-hydrogen) atoms. The molecule has 8 nitrogen and oxygen atoms in total. The molecule has 5 fully saturated rings. The lowest BCUT2D eigenvalue weighted by Gasteiger charge is -2.57. The van der Waals surface area contributed by atoms with Crippen molar-refractivity contribution in [1.29, 1.82) is 5.26 Å². The lowest BCUT2D eigenvalue weighted by atomic mass is 9.64. The van der Waals surface area contributed by atoms with Crippen LogP contribution in [0.1, 0.15) is 127 Å². The average molecular weight is 713 g/mol. The van der Waals surface area contributed by atoms with Crippen LogP contribution in [-0.2, 0) is 17.6 Å². The number of carbonyl (C=O) groups is 1. The summed E-state index contributed by atoms with van der Waals surface area (Å²) < 4.78 is 5.59. The number of nitrogens with one attached hydrogen (secondary N) is 1. The first kappa shape index (κ1) is 36.2. The summed E-state index contributed by atoms with van der Waals surface area (Å²) in [6.07, 6.45) is 17.6. The Morgan fingerprint density at radius 2 is 1.71 bits per heavy atom. The number of nitriles is 1. The van der Waals surface area contributed by atoms with Crippen LogP contribution in [-0.4, -0.2) is 70.0 Å². The number of aromatic nitrogens is 2. The minimum absolute atomic E-state index is 0.159. The summed E-state index contributed by atoms with van der Waals surface area (Å²) in [5, 5.41) is 23.1. The number of ether oxygens (including phenoxy) is 1. The Morgan fingerprint density at radius 3 is 2.31 bits per heavy atom. The average Bonchev–Trinajstić information content (AvgIpc) is 3.95. The van der Waals surface area contributed by atoms with Gasteiger partial charge in [0.15, 0.2) is 0 Å². The number of nitrogens with zero attached hydrogens (tertiary/aromatic N) is 5. The Hall–Kier alpha value is -3.15. The van der Waals surface area contributed by atoms with E-state index in [1.807, 2.05) is 37.8 Å². The van der Waals surface area contributed by atoms with Gasteiger partial charge in [0.05, 0.1) is 22.0 Å². The molecule has 1 N–H and O–H groups in total. The Kier molecular flexibility index (Phi) is 11.0. The van der Waals surface area contributed by atoms with Crippen molar-refractivity contribution in [2.24, 2.45) is 17.3 Å². The van der Waals surface area contributed by atoms with Crippen molar-refractivity contribution in [2.45, 2.75) is 135 Å². The molecule has 0 radical (unpaired) electrons. The second-order valence-corrected chi connectivity index (χ2v) is 17.9. The Bertz CT molecular complexity index is 1590. The molecule has 1 aromatic carbocycles. The van der Waals surface area contributed by atoms with Gasteiger partial charge in [0, 0.05) is 38.3 Å². The minimum Gasteiger partial charge on any atom is -0.444 e. The first-order chi connectivity index (χ1) is 24.5. The van der Waals surface area contributed by atoms with Gasteiger partial charge in [-0.2, -0.15) is 10.4 Å². The minimum atomic E-state index is -0.432. The van der Waals surface area contributed by atoms with E-state index in [0.717, 1.165) is 81.8 Å². The molecule has 0 bridgehead atoms. The van der Waals surface area contributed by atoms with Gasteiger partial charge in [-0.25, -0.2) is 4.79 Å². The van der Waals surface area contributed by atoms with Crippen molar-refractivity contribution in [1.82, 2.24) is 25.3 Å². The highest BCUT2D eigenvalue weighted by Gasteiger charge is 2.47. The Balaban J connectivity index is 0.808. The Labute approximate surface area is 310 Å². The normalized spacial score (nSPS) is 24.1. The molecule has 5 aliphatic rings. The zero-order chi connectivity index (χ0) is 35.6. The molecule has 1 spiro atoms. The fourth-order valence-electron chi connectivity index (χ4n) is 9.18. The van der Waals surface area contributed by atoms with Gasteiger partial charge in [-0.3, -0.25) is 4.90 Å². The van der Waals surface area contributed by atoms with Crippen LogP contribution in [0.5, 0.6) is 0 Å². The van der Waals surface area contributed by atoms with Crippen LogP contribution in [0.3, 0.4) is 0 Å². The molecule has 3 saturated carbocycles. The van der Waals surface area contributed by atoms with E-state index in [1.165, 1.54) is 74.9 Å². The number of carbonyl (C=O) groups excluding carboxylic acids is 1. The third kappa shape index (κ3) is 9.27. The molecule has 2 aliphatic heterocycles. The second-order valence-electron chi connectivity index (χ2n) is 17.5. The van der Waals surface area contributed by atoms with Crippen LogP contribution in [0.25, 0.3) is 5.70 Å². The van der Waals surface area contributed by atoms with Gasteiger partial charge in [0.1, 0.15) is 17.4 Å². The molecule has 0 unspecified atom stereocenters. The van der Waals surface area contributed by atoms with Crippen molar-refractivity contribution in [2.75, 3.05) is 26.2 Å². The molecule has 2 aromatic rings. The van der Waals surface area contributed by atoms with Crippen LogP contribution >= 0.6 is 11.6 Å². The van der Waals surface area contributed by atoms with Crippen LogP contribution in [0.2, 0.25) is 5.02 Å². The standard InChI is InChI=1S/C42H57ClN6O2/c1-41(2,3)51-40(50)48-22-18-36(19-23-48)49-27-42(28-49)20-16-29(17-21-42)5-13-35-14-15-38(47-46-35)39(32-9-10-32)45-34-11-6-30(7-12-34)24-31-4-8-33(26-44)37(43)25-31/h4,8,14-15,25,29-30,34,36,45H,5-7,9-13,16-24,27-28H2,1-3H3. The van der Waals surface area contributed by atoms with E-state index >= 15 is 0 Å². The summed E-state index contributed by atoms with van der Waals surface area (Å²) in [5.74, 6) is 1.45. The van der Waals surface area contributed by atoms with Gasteiger partial charge >= 0.3 is 6.09 Å². The molecular weight excluding hydrogens is 656 g/mol. The summed E-state index contributed by atoms with van der Waals surface area (Å²) in [6, 6.07) is 13.5. The fraction of sp³-hybridized carbons (Fsp3) is 0.667. The molecular formula is C42H57ClN6O2. The van der Waals surface area contributed by atoms with Gasteiger partial charge in [0.2, 0.25) is 0 Å². The van der Waals surface area contributed by atoms with E-state index in [9.17, 15) is 10.1 Å². The lowest BCUT2D eigenvalue weighted by Crippen LogP contribution is -2.62. The molecule has 2 saturated heterocycles. The molecule has 274 valence electrons. The number of piperidine rings is 1. The van der Waals surface area contributed by atoms with Crippen LogP contribution in [0.4, 0.5) is 4.79 Å². The number of rotatable bonds is 9. The summed E-state index contributed by atoms with van der Waals surface area (Å²) in [7, 11) is 0. The van der Waals surface area contributed by atoms with Crippen molar-refractivity contribution in [3.05, 3.63) is 63.4 Å². The number of amides is 1. The van der Waals surface area contributed by atoms with E-state index in [1.54, 1.807) is 0 Å². The SMILES string of the molecule is CC(C)(C)OC(=O)N1CCC(N2CC3(CCC(CCc4ccc(C(NC5CCC(Cc6ccc(C#N)c(Cl)c6)CC5)=C5CC5)nn4)CC3)C2)CC1. The van der Waals surface area contributed by atoms with E-state index in [0.29, 0.717) is 34.0 Å². The highest BCUT2D eigenvalue weighted by molar-refractivity contribution is 6.31. The van der Waals surface area contributed by atoms with Crippen LogP contribution in [0.15, 0.2) is 35.9 Å². The Morgan fingerprint density at radius 1 is 0.980 bits per heavy atom. The van der Waals surface area contributed by atoms with Crippen molar-refractivity contribution >= 4 is 23.4 Å². The van der Waals surface area contributed by atoms with E-state index in [4.69, 9.17) is 26.5 Å².